The quantitative estimate of drug-likeness (QED) is 0.817. The molecule has 5 heteroatoms. The molecule has 0 saturated heterocycles. The summed E-state index contributed by atoms with van der Waals surface area (Å²) in [4.78, 5) is 13.8. The number of carbonyl (C=O) groups excluding carboxylic acids is 1. The van der Waals surface area contributed by atoms with Crippen LogP contribution >= 0.6 is 0 Å². The molecule has 1 N–H and O–H groups in total. The van der Waals surface area contributed by atoms with Crippen LogP contribution in [0.15, 0.2) is 34.4 Å². The number of unbranched alkanes of at least 4 members (excludes halogenated alkanes) is 1. The van der Waals surface area contributed by atoms with Crippen molar-refractivity contribution in [3.63, 3.8) is 0 Å². The zero-order valence-corrected chi connectivity index (χ0v) is 14.8. The predicted molar refractivity (Wildman–Crippen MR) is 92.6 cm³/mol. The minimum absolute atomic E-state index is 0.0857. The molecule has 1 aliphatic rings. The summed E-state index contributed by atoms with van der Waals surface area (Å²) in [5.74, 6) is 1.63. The van der Waals surface area contributed by atoms with Gasteiger partial charge in [0.25, 0.3) is 0 Å². The number of furan rings is 1. The van der Waals surface area contributed by atoms with Crippen LogP contribution in [0.4, 0.5) is 0 Å². The number of aryl methyl sites for hydroxylation is 1. The number of carbonyl (C=O) groups is 1. The van der Waals surface area contributed by atoms with Crippen LogP contribution in [0.25, 0.3) is 6.08 Å². The number of benzene rings is 1. The smallest absolute Gasteiger partial charge is 0.232 e. The number of nitrogens with one attached hydrogen (secondary N) is 1. The van der Waals surface area contributed by atoms with Crippen LogP contribution in [-0.2, 0) is 6.54 Å². The molecule has 0 aliphatic carbocycles. The molecule has 1 aromatic carbocycles. The Bertz CT molecular complexity index is 819. The second kappa shape index (κ2) is 7.15. The third-order valence-corrected chi connectivity index (χ3v) is 4.37. The Balaban J connectivity index is 1.89. The van der Waals surface area contributed by atoms with Gasteiger partial charge < -0.3 is 19.2 Å². The van der Waals surface area contributed by atoms with E-state index in [1.807, 2.05) is 20.0 Å². The summed E-state index contributed by atoms with van der Waals surface area (Å²) in [6, 6.07) is 6.62. The fourth-order valence-electron chi connectivity index (χ4n) is 2.99. The van der Waals surface area contributed by atoms with E-state index in [9.17, 15) is 9.90 Å². The molecule has 2 heterocycles. The fourth-order valence-corrected chi connectivity index (χ4v) is 2.99. The molecule has 0 spiro atoms. The lowest BCUT2D eigenvalue weighted by Gasteiger charge is -2.20. The van der Waals surface area contributed by atoms with E-state index in [1.54, 1.807) is 18.2 Å². The third kappa shape index (κ3) is 3.61. The number of hydrogen-bond donors (Lipinski definition) is 1. The highest BCUT2D eigenvalue weighted by molar-refractivity contribution is 6.14. The van der Waals surface area contributed by atoms with Crippen molar-refractivity contribution in [1.29, 1.82) is 0 Å². The second-order valence-corrected chi connectivity index (χ2v) is 6.54. The van der Waals surface area contributed by atoms with Crippen LogP contribution in [0.1, 0.15) is 47.2 Å². The lowest BCUT2D eigenvalue weighted by atomic mass is 10.0. The molecule has 1 atom stereocenters. The van der Waals surface area contributed by atoms with Gasteiger partial charge >= 0.3 is 0 Å². The molecule has 0 radical (unpaired) electrons. The summed E-state index contributed by atoms with van der Waals surface area (Å²) >= 11 is 0. The molecule has 1 unspecified atom stereocenters. The summed E-state index contributed by atoms with van der Waals surface area (Å²) in [5.41, 5.74) is 1.02. The maximum absolute atomic E-state index is 12.6. The van der Waals surface area contributed by atoms with Crippen molar-refractivity contribution < 1.29 is 24.0 Å². The Kier molecular flexibility index (Phi) is 4.95. The minimum Gasteiger partial charge on any atom is -0.872 e. The monoisotopic (exact) mass is 341 g/mol. The molecular weight excluding hydrogens is 318 g/mol. The van der Waals surface area contributed by atoms with Gasteiger partial charge in [-0.15, -0.1) is 0 Å². The fraction of sp³-hybridized carbons (Fsp3) is 0.350. The summed E-state index contributed by atoms with van der Waals surface area (Å²) in [5, 5.41) is 12.3. The Morgan fingerprint density at radius 3 is 2.72 bits per heavy atom. The number of hydrogen-bond acceptors (Lipinski definition) is 4. The maximum Gasteiger partial charge on any atom is 0.232 e. The summed E-state index contributed by atoms with van der Waals surface area (Å²) in [7, 11) is 2.05. The highest BCUT2D eigenvalue weighted by Crippen LogP contribution is 2.38. The third-order valence-electron chi connectivity index (χ3n) is 4.37. The number of quaternary nitrogens is 1. The Morgan fingerprint density at radius 2 is 2.04 bits per heavy atom. The van der Waals surface area contributed by atoms with Gasteiger partial charge in [-0.25, -0.2) is 0 Å². The van der Waals surface area contributed by atoms with Crippen molar-refractivity contribution in [1.82, 2.24) is 0 Å². The van der Waals surface area contributed by atoms with Gasteiger partial charge in [0.1, 0.15) is 23.8 Å². The van der Waals surface area contributed by atoms with Crippen LogP contribution in [0, 0.1) is 6.92 Å². The van der Waals surface area contributed by atoms with Gasteiger partial charge in [0, 0.05) is 11.6 Å². The largest absolute Gasteiger partial charge is 0.872 e. The number of rotatable bonds is 6. The van der Waals surface area contributed by atoms with Gasteiger partial charge in [-0.05, 0) is 31.5 Å². The second-order valence-electron chi connectivity index (χ2n) is 6.54. The van der Waals surface area contributed by atoms with Crippen molar-refractivity contribution in [3.05, 3.63) is 52.7 Å². The topological polar surface area (TPSA) is 66.9 Å². The number of allylic oxidation sites excluding steroid dienone is 1. The predicted octanol–water partition coefficient (Wildman–Crippen LogP) is 2.09. The van der Waals surface area contributed by atoms with Gasteiger partial charge in [-0.2, -0.15) is 0 Å². The summed E-state index contributed by atoms with van der Waals surface area (Å²) < 4.78 is 11.3. The lowest BCUT2D eigenvalue weighted by Crippen LogP contribution is -3.07. The van der Waals surface area contributed by atoms with Crippen molar-refractivity contribution >= 4 is 11.9 Å². The molecule has 5 nitrogen and oxygen atoms in total. The summed E-state index contributed by atoms with van der Waals surface area (Å²) in [6.45, 7) is 5.50. The molecule has 1 aliphatic heterocycles. The maximum atomic E-state index is 12.6. The van der Waals surface area contributed by atoms with Crippen molar-refractivity contribution in [2.75, 3.05) is 13.6 Å². The van der Waals surface area contributed by atoms with E-state index >= 15 is 0 Å². The molecule has 0 saturated carbocycles. The Hall–Kier alpha value is -2.53. The van der Waals surface area contributed by atoms with Gasteiger partial charge in [-0.1, -0.05) is 25.2 Å². The van der Waals surface area contributed by atoms with Crippen LogP contribution in [0.2, 0.25) is 0 Å². The summed E-state index contributed by atoms with van der Waals surface area (Å²) in [6.07, 6.45) is 3.79. The SMILES string of the molecule is CCCC[NH+](C)Cc1c([O-])ccc2c1OC(=Cc1ccc(C)o1)C2=O. The van der Waals surface area contributed by atoms with Gasteiger partial charge in [0.2, 0.25) is 5.78 Å². The molecule has 25 heavy (non-hydrogen) atoms. The van der Waals surface area contributed by atoms with E-state index in [0.717, 1.165) is 25.1 Å². The van der Waals surface area contributed by atoms with Crippen molar-refractivity contribution in [2.24, 2.45) is 0 Å². The van der Waals surface area contributed by atoms with E-state index in [1.165, 1.54) is 11.0 Å². The first-order valence-corrected chi connectivity index (χ1v) is 8.64. The normalized spacial score (nSPS) is 16.1. The van der Waals surface area contributed by atoms with Gasteiger partial charge in [0.15, 0.2) is 5.76 Å². The van der Waals surface area contributed by atoms with Crippen molar-refractivity contribution in [2.45, 2.75) is 33.2 Å². The van der Waals surface area contributed by atoms with Crippen LogP contribution < -0.4 is 14.7 Å². The first-order chi connectivity index (χ1) is 12.0. The highest BCUT2D eigenvalue weighted by Gasteiger charge is 2.31. The highest BCUT2D eigenvalue weighted by atomic mass is 16.5. The van der Waals surface area contributed by atoms with E-state index < -0.39 is 0 Å². The number of ketones is 1. The van der Waals surface area contributed by atoms with Gasteiger partial charge in [0.05, 0.1) is 19.2 Å². The molecule has 0 bridgehead atoms. The van der Waals surface area contributed by atoms with E-state index in [2.05, 4.69) is 6.92 Å². The number of fused-ring (bicyclic) bond motifs is 1. The number of Topliss-reactive ketones (excluding diaryl/α,β-unsaturated/α-hetero) is 1. The zero-order valence-electron chi connectivity index (χ0n) is 14.8. The molecule has 0 fully saturated rings. The zero-order chi connectivity index (χ0) is 18.0. The van der Waals surface area contributed by atoms with Crippen LogP contribution in [0.3, 0.4) is 0 Å². The molecular formula is C20H23NO4. The first kappa shape index (κ1) is 17.3. The van der Waals surface area contributed by atoms with E-state index in [4.69, 9.17) is 9.15 Å². The standard InChI is InChI=1S/C20H23NO4/c1-4-5-10-21(3)12-16-17(22)9-8-15-19(23)18(25-20(15)16)11-14-7-6-13(2)24-14/h6-9,11,22H,4-5,10,12H2,1-3H3. The Morgan fingerprint density at radius 1 is 1.24 bits per heavy atom. The van der Waals surface area contributed by atoms with Crippen LogP contribution in [-0.4, -0.2) is 19.4 Å². The molecule has 0 amide bonds. The van der Waals surface area contributed by atoms with Crippen LogP contribution in [0.5, 0.6) is 11.5 Å². The average Bonchev–Trinajstić information content (AvgIpc) is 3.13. The first-order valence-electron chi connectivity index (χ1n) is 8.64. The number of ether oxygens (including phenoxy) is 1. The minimum atomic E-state index is -0.212. The average molecular weight is 341 g/mol. The molecule has 1 aromatic heterocycles. The molecule has 132 valence electrons. The van der Waals surface area contributed by atoms with Crippen molar-refractivity contribution in [3.8, 4) is 11.5 Å². The molecule has 3 rings (SSSR count). The van der Waals surface area contributed by atoms with E-state index in [-0.39, 0.29) is 17.3 Å². The lowest BCUT2D eigenvalue weighted by molar-refractivity contribution is -0.894. The molecule has 2 aromatic rings. The van der Waals surface area contributed by atoms with Gasteiger partial charge in [-0.3, -0.25) is 4.79 Å². The van der Waals surface area contributed by atoms with E-state index in [0.29, 0.717) is 29.2 Å². The Labute approximate surface area is 147 Å².